The summed E-state index contributed by atoms with van der Waals surface area (Å²) in [7, 11) is 0. The Hall–Kier alpha value is -1.25. The van der Waals surface area contributed by atoms with Gasteiger partial charge in [-0.05, 0) is 56.6 Å². The van der Waals surface area contributed by atoms with E-state index >= 15 is 0 Å². The predicted octanol–water partition coefficient (Wildman–Crippen LogP) is 4.89. The molecule has 3 nitrogen and oxygen atoms in total. The molecule has 21 heavy (non-hydrogen) atoms. The second kappa shape index (κ2) is 7.15. The first-order valence-electron chi connectivity index (χ1n) is 8.36. The quantitative estimate of drug-likeness (QED) is 0.776. The number of rotatable bonds is 7. The van der Waals surface area contributed by atoms with Gasteiger partial charge in [0, 0.05) is 12.7 Å². The van der Waals surface area contributed by atoms with Crippen molar-refractivity contribution >= 4 is 5.82 Å². The summed E-state index contributed by atoms with van der Waals surface area (Å²) in [6, 6.07) is 3.93. The van der Waals surface area contributed by atoms with Crippen molar-refractivity contribution in [1.82, 2.24) is 4.98 Å². The van der Waals surface area contributed by atoms with Gasteiger partial charge in [-0.15, -0.1) is 0 Å². The minimum atomic E-state index is 0.172. The van der Waals surface area contributed by atoms with E-state index in [0.717, 1.165) is 24.0 Å². The molecule has 0 unspecified atom stereocenters. The Kier molecular flexibility index (Phi) is 5.49. The lowest BCUT2D eigenvalue weighted by molar-refractivity contribution is 0.239. The molecule has 1 aromatic heterocycles. The summed E-state index contributed by atoms with van der Waals surface area (Å²) in [4.78, 5) is 4.47. The second-order valence-corrected chi connectivity index (χ2v) is 7.18. The highest BCUT2D eigenvalue weighted by atomic mass is 16.5. The molecular formula is C18H30N2O. The van der Waals surface area contributed by atoms with Crippen molar-refractivity contribution in [2.45, 2.75) is 65.9 Å². The molecule has 1 fully saturated rings. The van der Waals surface area contributed by atoms with Crippen LogP contribution < -0.4 is 10.1 Å². The van der Waals surface area contributed by atoms with Gasteiger partial charge in [0.15, 0.2) is 11.6 Å². The molecule has 0 saturated heterocycles. The highest BCUT2D eigenvalue weighted by molar-refractivity contribution is 5.49. The summed E-state index contributed by atoms with van der Waals surface area (Å²) in [6.07, 6.45) is 8.71. The molecule has 1 aliphatic carbocycles. The zero-order chi connectivity index (χ0) is 15.3. The van der Waals surface area contributed by atoms with E-state index in [1.54, 1.807) is 0 Å². The van der Waals surface area contributed by atoms with Crippen molar-refractivity contribution in [2.75, 3.05) is 11.9 Å². The van der Waals surface area contributed by atoms with Crippen LogP contribution >= 0.6 is 0 Å². The lowest BCUT2D eigenvalue weighted by Gasteiger charge is -2.31. The summed E-state index contributed by atoms with van der Waals surface area (Å²) in [5, 5.41) is 3.57. The summed E-state index contributed by atoms with van der Waals surface area (Å²) in [5.41, 5.74) is 0.445. The first-order valence-corrected chi connectivity index (χ1v) is 8.36. The molecule has 0 atom stereocenters. The summed E-state index contributed by atoms with van der Waals surface area (Å²) in [6.45, 7) is 9.76. The van der Waals surface area contributed by atoms with Gasteiger partial charge in [-0.25, -0.2) is 4.98 Å². The van der Waals surface area contributed by atoms with E-state index in [-0.39, 0.29) is 6.10 Å². The van der Waals surface area contributed by atoms with Gasteiger partial charge in [-0.3, -0.25) is 0 Å². The fourth-order valence-electron chi connectivity index (χ4n) is 3.59. The zero-order valence-corrected chi connectivity index (χ0v) is 14.0. The van der Waals surface area contributed by atoms with Crippen molar-refractivity contribution in [3.05, 3.63) is 18.3 Å². The minimum Gasteiger partial charge on any atom is -0.487 e. The van der Waals surface area contributed by atoms with E-state index in [0.29, 0.717) is 5.41 Å². The third-order valence-electron chi connectivity index (χ3n) is 4.27. The number of pyridine rings is 1. The lowest BCUT2D eigenvalue weighted by atomic mass is 9.78. The first-order chi connectivity index (χ1) is 10.0. The predicted molar refractivity (Wildman–Crippen MR) is 88.8 cm³/mol. The molecule has 0 spiro atoms. The van der Waals surface area contributed by atoms with Gasteiger partial charge < -0.3 is 10.1 Å². The van der Waals surface area contributed by atoms with Gasteiger partial charge in [0.25, 0.3) is 0 Å². The Labute approximate surface area is 129 Å². The van der Waals surface area contributed by atoms with Gasteiger partial charge in [0.2, 0.25) is 0 Å². The maximum absolute atomic E-state index is 5.85. The average Bonchev–Trinajstić information content (AvgIpc) is 2.85. The van der Waals surface area contributed by atoms with Crippen LogP contribution in [0.15, 0.2) is 18.3 Å². The lowest BCUT2D eigenvalue weighted by Crippen LogP contribution is -2.29. The number of aromatic nitrogens is 1. The molecule has 0 aliphatic heterocycles. The van der Waals surface area contributed by atoms with Crippen molar-refractivity contribution < 1.29 is 4.74 Å². The van der Waals surface area contributed by atoms with Crippen LogP contribution in [-0.4, -0.2) is 17.6 Å². The van der Waals surface area contributed by atoms with E-state index in [2.05, 4.69) is 24.1 Å². The molecule has 3 heteroatoms. The smallest absolute Gasteiger partial charge is 0.168 e. The third kappa shape index (κ3) is 4.62. The largest absolute Gasteiger partial charge is 0.487 e. The zero-order valence-electron chi connectivity index (χ0n) is 14.0. The number of nitrogens with one attached hydrogen (secondary N) is 1. The van der Waals surface area contributed by atoms with Gasteiger partial charge in [0.1, 0.15) is 0 Å². The Morgan fingerprint density at radius 2 is 1.95 bits per heavy atom. The SMILES string of the molecule is CC(C)CC1(CNc2ncccc2OC(C)C)CCCC1. The summed E-state index contributed by atoms with van der Waals surface area (Å²) >= 11 is 0. The Morgan fingerprint density at radius 3 is 2.57 bits per heavy atom. The van der Waals surface area contributed by atoms with E-state index in [1.165, 1.54) is 32.1 Å². The van der Waals surface area contributed by atoms with Crippen molar-refractivity contribution in [1.29, 1.82) is 0 Å². The molecule has 118 valence electrons. The molecule has 1 heterocycles. The van der Waals surface area contributed by atoms with Crippen LogP contribution in [0.5, 0.6) is 5.75 Å². The Balaban J connectivity index is 2.04. The molecule has 1 aromatic rings. The van der Waals surface area contributed by atoms with E-state index in [9.17, 15) is 0 Å². The number of hydrogen-bond acceptors (Lipinski definition) is 3. The molecule has 0 bridgehead atoms. The third-order valence-corrected chi connectivity index (χ3v) is 4.27. The number of ether oxygens (including phenoxy) is 1. The number of nitrogens with zero attached hydrogens (tertiary/aromatic N) is 1. The van der Waals surface area contributed by atoms with Crippen LogP contribution in [0.25, 0.3) is 0 Å². The summed E-state index contributed by atoms with van der Waals surface area (Å²) in [5.74, 6) is 2.51. The Bertz CT molecular complexity index is 437. The van der Waals surface area contributed by atoms with Crippen LogP contribution in [0.3, 0.4) is 0 Å². The molecule has 1 aliphatic rings. The highest BCUT2D eigenvalue weighted by Gasteiger charge is 2.34. The van der Waals surface area contributed by atoms with Gasteiger partial charge in [-0.2, -0.15) is 0 Å². The van der Waals surface area contributed by atoms with Crippen molar-refractivity contribution in [3.8, 4) is 5.75 Å². The van der Waals surface area contributed by atoms with Crippen LogP contribution in [0, 0.1) is 11.3 Å². The topological polar surface area (TPSA) is 34.2 Å². The average molecular weight is 290 g/mol. The number of hydrogen-bond donors (Lipinski definition) is 1. The molecule has 0 aromatic carbocycles. The normalized spacial score (nSPS) is 17.4. The fourth-order valence-corrected chi connectivity index (χ4v) is 3.59. The van der Waals surface area contributed by atoms with Crippen LogP contribution in [-0.2, 0) is 0 Å². The van der Waals surface area contributed by atoms with Crippen LogP contribution in [0.4, 0.5) is 5.82 Å². The number of anilines is 1. The van der Waals surface area contributed by atoms with Crippen LogP contribution in [0.1, 0.15) is 59.8 Å². The second-order valence-electron chi connectivity index (χ2n) is 7.18. The molecule has 0 radical (unpaired) electrons. The summed E-state index contributed by atoms with van der Waals surface area (Å²) < 4.78 is 5.85. The van der Waals surface area contributed by atoms with E-state index in [4.69, 9.17) is 4.74 Å². The molecule has 1 N–H and O–H groups in total. The van der Waals surface area contributed by atoms with E-state index in [1.807, 2.05) is 32.2 Å². The van der Waals surface area contributed by atoms with Crippen molar-refractivity contribution in [2.24, 2.45) is 11.3 Å². The maximum Gasteiger partial charge on any atom is 0.168 e. The maximum atomic E-state index is 5.85. The van der Waals surface area contributed by atoms with Gasteiger partial charge >= 0.3 is 0 Å². The first kappa shape index (κ1) is 16.1. The van der Waals surface area contributed by atoms with Crippen molar-refractivity contribution in [3.63, 3.8) is 0 Å². The highest BCUT2D eigenvalue weighted by Crippen LogP contribution is 2.43. The van der Waals surface area contributed by atoms with Crippen LogP contribution in [0.2, 0.25) is 0 Å². The Morgan fingerprint density at radius 1 is 1.24 bits per heavy atom. The molecular weight excluding hydrogens is 260 g/mol. The standard InChI is InChI=1S/C18H30N2O/c1-14(2)12-18(9-5-6-10-18)13-20-17-16(21-15(3)4)8-7-11-19-17/h7-8,11,14-15H,5-6,9-10,12-13H2,1-4H3,(H,19,20). The fraction of sp³-hybridized carbons (Fsp3) is 0.722. The van der Waals surface area contributed by atoms with Gasteiger partial charge in [0.05, 0.1) is 6.10 Å². The molecule has 1 saturated carbocycles. The monoisotopic (exact) mass is 290 g/mol. The molecule has 2 rings (SSSR count). The molecule has 0 amide bonds. The van der Waals surface area contributed by atoms with E-state index < -0.39 is 0 Å². The van der Waals surface area contributed by atoms with Gasteiger partial charge in [-0.1, -0.05) is 26.7 Å². The minimum absolute atomic E-state index is 0.172.